The molecular weight excluding hydrogens is 326 g/mol. The molecule has 1 aromatic heterocycles. The minimum absolute atomic E-state index is 0.0864. The van der Waals surface area contributed by atoms with Gasteiger partial charge in [-0.25, -0.2) is 0 Å². The summed E-state index contributed by atoms with van der Waals surface area (Å²) < 4.78 is 6.68. The maximum Gasteiger partial charge on any atom is 0.139 e. The average molecular weight is 350 g/mol. The molecule has 0 amide bonds. The first-order chi connectivity index (χ1) is 9.93. The molecule has 0 fully saturated rings. The third kappa shape index (κ3) is 3.98. The number of furan rings is 1. The van der Waals surface area contributed by atoms with Gasteiger partial charge < -0.3 is 9.73 Å². The second-order valence-corrected chi connectivity index (χ2v) is 7.25. The summed E-state index contributed by atoms with van der Waals surface area (Å²) in [4.78, 5) is 0. The second-order valence-electron chi connectivity index (χ2n) is 6.39. The van der Waals surface area contributed by atoms with Crippen molar-refractivity contribution in [3.63, 3.8) is 0 Å². The summed E-state index contributed by atoms with van der Waals surface area (Å²) in [6.45, 7) is 9.83. The number of hydrogen-bond acceptors (Lipinski definition) is 2. The first-order valence-electron chi connectivity index (χ1n) is 7.50. The maximum absolute atomic E-state index is 5.67. The highest BCUT2D eigenvalue weighted by Gasteiger charge is 2.20. The van der Waals surface area contributed by atoms with Crippen LogP contribution in [0.4, 0.5) is 0 Å². The van der Waals surface area contributed by atoms with Gasteiger partial charge in [-0.1, -0.05) is 52.0 Å². The van der Waals surface area contributed by atoms with Crippen LogP contribution in [0, 0.1) is 0 Å². The zero-order valence-electron chi connectivity index (χ0n) is 13.2. The lowest BCUT2D eigenvalue weighted by atomic mass is 9.86. The van der Waals surface area contributed by atoms with Gasteiger partial charge in [0.25, 0.3) is 0 Å². The summed E-state index contributed by atoms with van der Waals surface area (Å²) in [5.74, 6) is 0.937. The van der Waals surface area contributed by atoms with Gasteiger partial charge in [0, 0.05) is 0 Å². The van der Waals surface area contributed by atoms with Crippen LogP contribution in [-0.4, -0.2) is 6.54 Å². The molecule has 114 valence electrons. The Bertz CT molecular complexity index is 566. The molecule has 1 atom stereocenters. The summed E-state index contributed by atoms with van der Waals surface area (Å²) in [6, 6.07) is 10.9. The highest BCUT2D eigenvalue weighted by atomic mass is 79.9. The Hall–Kier alpha value is -1.06. The minimum atomic E-state index is 0.0864. The van der Waals surface area contributed by atoms with E-state index < -0.39 is 0 Å². The van der Waals surface area contributed by atoms with Crippen LogP contribution < -0.4 is 5.32 Å². The van der Waals surface area contributed by atoms with Crippen LogP contribution in [0.1, 0.15) is 57.0 Å². The number of rotatable bonds is 5. The van der Waals surface area contributed by atoms with E-state index in [1.807, 2.05) is 6.07 Å². The van der Waals surface area contributed by atoms with Gasteiger partial charge in [0.2, 0.25) is 0 Å². The molecule has 2 aromatic rings. The molecule has 1 unspecified atom stereocenters. The number of benzene rings is 1. The third-order valence-corrected chi connectivity index (χ3v) is 4.27. The first kappa shape index (κ1) is 16.3. The van der Waals surface area contributed by atoms with Crippen LogP contribution in [0.2, 0.25) is 0 Å². The Kier molecular flexibility index (Phi) is 5.28. The fraction of sp³-hybridized carbons (Fsp3) is 0.444. The average Bonchev–Trinajstić information content (AvgIpc) is 2.85. The van der Waals surface area contributed by atoms with E-state index in [2.05, 4.69) is 73.2 Å². The number of hydrogen-bond donors (Lipinski definition) is 1. The molecule has 1 heterocycles. The molecule has 0 aliphatic carbocycles. The van der Waals surface area contributed by atoms with Gasteiger partial charge in [-0.05, 0) is 51.5 Å². The third-order valence-electron chi connectivity index (χ3n) is 3.62. The van der Waals surface area contributed by atoms with Crippen LogP contribution in [0.25, 0.3) is 0 Å². The molecule has 2 rings (SSSR count). The van der Waals surface area contributed by atoms with Crippen molar-refractivity contribution in [2.75, 3.05) is 6.54 Å². The Labute approximate surface area is 136 Å². The van der Waals surface area contributed by atoms with E-state index in [0.29, 0.717) is 0 Å². The highest BCUT2D eigenvalue weighted by molar-refractivity contribution is 9.10. The summed E-state index contributed by atoms with van der Waals surface area (Å²) in [5, 5.41) is 3.56. The largest absolute Gasteiger partial charge is 0.466 e. The van der Waals surface area contributed by atoms with Gasteiger partial charge in [-0.3, -0.25) is 0 Å². The lowest BCUT2D eigenvalue weighted by Gasteiger charge is -2.22. The second kappa shape index (κ2) is 6.80. The molecule has 0 aliphatic rings. The molecule has 2 nitrogen and oxygen atoms in total. The standard InChI is InChI=1S/C18H24BrNO/c1-5-11-20-16(17-15(19)10-12-21-17)13-6-8-14(9-7-13)18(2,3)4/h6-10,12,16,20H,5,11H2,1-4H3. The van der Waals surface area contributed by atoms with Gasteiger partial charge in [-0.15, -0.1) is 0 Å². The zero-order chi connectivity index (χ0) is 15.5. The predicted octanol–water partition coefficient (Wildman–Crippen LogP) is 5.43. The predicted molar refractivity (Wildman–Crippen MR) is 91.7 cm³/mol. The van der Waals surface area contributed by atoms with Crippen LogP contribution in [0.3, 0.4) is 0 Å². The van der Waals surface area contributed by atoms with Crippen molar-refractivity contribution in [1.29, 1.82) is 0 Å². The SMILES string of the molecule is CCCNC(c1ccc(C(C)(C)C)cc1)c1occc1Br. The summed E-state index contributed by atoms with van der Waals surface area (Å²) >= 11 is 3.57. The van der Waals surface area contributed by atoms with Gasteiger partial charge >= 0.3 is 0 Å². The molecule has 0 bridgehead atoms. The van der Waals surface area contributed by atoms with Gasteiger partial charge in [0.05, 0.1) is 16.8 Å². The molecule has 1 N–H and O–H groups in total. The van der Waals surface area contributed by atoms with Gasteiger partial charge in [0.1, 0.15) is 5.76 Å². The molecule has 0 spiro atoms. The van der Waals surface area contributed by atoms with E-state index in [9.17, 15) is 0 Å². The van der Waals surface area contributed by atoms with Crippen molar-refractivity contribution < 1.29 is 4.42 Å². The van der Waals surface area contributed by atoms with Crippen LogP contribution in [-0.2, 0) is 5.41 Å². The normalized spacial score (nSPS) is 13.4. The van der Waals surface area contributed by atoms with Crippen molar-refractivity contribution in [3.8, 4) is 0 Å². The Morgan fingerprint density at radius 3 is 2.29 bits per heavy atom. The molecule has 0 saturated carbocycles. The van der Waals surface area contributed by atoms with E-state index in [-0.39, 0.29) is 11.5 Å². The summed E-state index contributed by atoms with van der Waals surface area (Å²) in [6.07, 6.45) is 2.82. The van der Waals surface area contributed by atoms with Gasteiger partial charge in [0.15, 0.2) is 0 Å². The molecular formula is C18H24BrNO. The van der Waals surface area contributed by atoms with Crippen molar-refractivity contribution in [2.24, 2.45) is 0 Å². The topological polar surface area (TPSA) is 25.2 Å². The van der Waals surface area contributed by atoms with E-state index in [4.69, 9.17) is 4.42 Å². The van der Waals surface area contributed by atoms with E-state index in [1.165, 1.54) is 11.1 Å². The molecule has 21 heavy (non-hydrogen) atoms. The fourth-order valence-corrected chi connectivity index (χ4v) is 2.77. The van der Waals surface area contributed by atoms with E-state index in [1.54, 1.807) is 6.26 Å². The Morgan fingerprint density at radius 1 is 1.14 bits per heavy atom. The molecule has 1 aromatic carbocycles. The lowest BCUT2D eigenvalue weighted by molar-refractivity contribution is 0.444. The van der Waals surface area contributed by atoms with Gasteiger partial charge in [-0.2, -0.15) is 0 Å². The molecule has 0 radical (unpaired) electrons. The highest BCUT2D eigenvalue weighted by Crippen LogP contribution is 2.31. The Balaban J connectivity index is 2.31. The molecule has 0 saturated heterocycles. The van der Waals surface area contributed by atoms with Crippen molar-refractivity contribution in [1.82, 2.24) is 5.32 Å². The Morgan fingerprint density at radius 2 is 1.81 bits per heavy atom. The molecule has 0 aliphatic heterocycles. The van der Waals surface area contributed by atoms with Crippen molar-refractivity contribution in [2.45, 2.75) is 45.6 Å². The monoisotopic (exact) mass is 349 g/mol. The number of nitrogens with one attached hydrogen (secondary N) is 1. The smallest absolute Gasteiger partial charge is 0.139 e. The van der Waals surface area contributed by atoms with Crippen LogP contribution >= 0.6 is 15.9 Å². The van der Waals surface area contributed by atoms with Crippen LogP contribution in [0.15, 0.2) is 45.5 Å². The minimum Gasteiger partial charge on any atom is -0.466 e. The fourth-order valence-electron chi connectivity index (χ4n) is 2.34. The molecule has 3 heteroatoms. The number of halogens is 1. The van der Waals surface area contributed by atoms with Crippen molar-refractivity contribution >= 4 is 15.9 Å². The maximum atomic E-state index is 5.67. The lowest BCUT2D eigenvalue weighted by Crippen LogP contribution is -2.23. The van der Waals surface area contributed by atoms with E-state index >= 15 is 0 Å². The zero-order valence-corrected chi connectivity index (χ0v) is 14.8. The quantitative estimate of drug-likeness (QED) is 0.778. The summed E-state index contributed by atoms with van der Waals surface area (Å²) in [7, 11) is 0. The van der Waals surface area contributed by atoms with E-state index in [0.717, 1.165) is 23.2 Å². The van der Waals surface area contributed by atoms with Crippen LogP contribution in [0.5, 0.6) is 0 Å². The first-order valence-corrected chi connectivity index (χ1v) is 8.29. The summed E-state index contributed by atoms with van der Waals surface area (Å²) in [5.41, 5.74) is 2.75. The van der Waals surface area contributed by atoms with Crippen molar-refractivity contribution in [3.05, 3.63) is 58.0 Å².